The van der Waals surface area contributed by atoms with Gasteiger partial charge in [0.15, 0.2) is 0 Å². The van der Waals surface area contributed by atoms with Crippen molar-refractivity contribution in [3.8, 4) is 0 Å². The molecule has 0 saturated heterocycles. The molecule has 102 valence electrons. The van der Waals surface area contributed by atoms with Gasteiger partial charge in [0.2, 0.25) is 0 Å². The van der Waals surface area contributed by atoms with Gasteiger partial charge in [0.05, 0.1) is 12.3 Å². The lowest BCUT2D eigenvalue weighted by molar-refractivity contribution is -0.120. The monoisotopic (exact) mass is 260 g/mol. The fourth-order valence-corrected chi connectivity index (χ4v) is 1.56. The highest BCUT2D eigenvalue weighted by Gasteiger charge is 2.10. The van der Waals surface area contributed by atoms with E-state index in [0.717, 1.165) is 17.8 Å². The molecule has 0 radical (unpaired) electrons. The molecule has 0 saturated carbocycles. The van der Waals surface area contributed by atoms with Crippen LogP contribution >= 0.6 is 0 Å². The first-order valence-corrected chi connectivity index (χ1v) is 5.92. The fourth-order valence-electron chi connectivity index (χ4n) is 1.56. The molecule has 6 heteroatoms. The van der Waals surface area contributed by atoms with E-state index in [1.807, 2.05) is 13.0 Å². The Morgan fingerprint density at radius 3 is 2.83 bits per heavy atom. The summed E-state index contributed by atoms with van der Waals surface area (Å²) in [6.45, 7) is 1.42. The minimum Gasteiger partial charge on any atom is -0.375 e. The van der Waals surface area contributed by atoms with Crippen molar-refractivity contribution in [2.24, 2.45) is 7.05 Å². The average Bonchev–Trinajstić information content (AvgIpc) is 2.65. The first-order chi connectivity index (χ1) is 8.52. The molecule has 0 bridgehead atoms. The van der Waals surface area contributed by atoms with Gasteiger partial charge in [-0.3, -0.25) is 9.48 Å². The molecule has 1 rings (SSSR count). The summed E-state index contributed by atoms with van der Waals surface area (Å²) in [5.41, 5.74) is 1.78. The molecule has 1 aromatic heterocycles. The first-order valence-electron chi connectivity index (χ1n) is 5.92. The van der Waals surface area contributed by atoms with E-state index >= 15 is 0 Å². The quantitative estimate of drug-likeness (QED) is 0.669. The Bertz CT molecular complexity index is 391. The van der Waals surface area contributed by atoms with Crippen LogP contribution in [0.5, 0.6) is 0 Å². The molecule has 0 N–H and O–H groups in total. The van der Waals surface area contributed by atoms with Crippen molar-refractivity contribution in [2.45, 2.75) is 32.6 Å². The molecule has 0 aromatic carbocycles. The van der Waals surface area contributed by atoms with Gasteiger partial charge in [-0.25, -0.2) is 8.78 Å². The maximum atomic E-state index is 11.8. The Morgan fingerprint density at radius 2 is 2.28 bits per heavy atom. The second kappa shape index (κ2) is 7.20. The van der Waals surface area contributed by atoms with Gasteiger partial charge in [-0.15, -0.1) is 0 Å². The maximum absolute atomic E-state index is 11.8. The topological polar surface area (TPSA) is 44.1 Å². The van der Waals surface area contributed by atoms with E-state index in [9.17, 15) is 13.6 Å². The standard InChI is InChI=1S/C12H18F2N2O2/c1-3-9-6-10(16(2)15-9)7-11(17)4-5-18-8-12(13)14/h6,12H,3-5,7-8H2,1-2H3. The summed E-state index contributed by atoms with van der Waals surface area (Å²) in [4.78, 5) is 11.6. The van der Waals surface area contributed by atoms with Gasteiger partial charge in [-0.05, 0) is 12.5 Å². The molecule has 18 heavy (non-hydrogen) atoms. The van der Waals surface area contributed by atoms with Crippen LogP contribution in [0.1, 0.15) is 24.7 Å². The number of aromatic nitrogens is 2. The van der Waals surface area contributed by atoms with Crippen LogP contribution in [-0.4, -0.2) is 35.2 Å². The molecule has 0 aliphatic carbocycles. The van der Waals surface area contributed by atoms with E-state index in [0.29, 0.717) is 0 Å². The summed E-state index contributed by atoms with van der Waals surface area (Å²) in [5.74, 6) is -0.0325. The molecule has 0 atom stereocenters. The van der Waals surface area contributed by atoms with Crippen LogP contribution in [0, 0.1) is 0 Å². The highest BCUT2D eigenvalue weighted by molar-refractivity contribution is 5.80. The fraction of sp³-hybridized carbons (Fsp3) is 0.667. The van der Waals surface area contributed by atoms with Crippen LogP contribution in [0.15, 0.2) is 6.07 Å². The number of halogens is 2. The van der Waals surface area contributed by atoms with Crippen LogP contribution in [0.4, 0.5) is 8.78 Å². The predicted octanol–water partition coefficient (Wildman–Crippen LogP) is 1.77. The molecule has 0 aliphatic heterocycles. The zero-order valence-corrected chi connectivity index (χ0v) is 10.7. The number of alkyl halides is 2. The Hall–Kier alpha value is -1.30. The summed E-state index contributed by atoms with van der Waals surface area (Å²) in [5, 5.41) is 4.24. The molecule has 0 unspecified atom stereocenters. The number of hydrogen-bond donors (Lipinski definition) is 0. The van der Waals surface area contributed by atoms with Gasteiger partial charge in [0, 0.05) is 25.6 Å². The molecule has 0 aliphatic rings. The van der Waals surface area contributed by atoms with E-state index in [1.54, 1.807) is 11.7 Å². The minimum absolute atomic E-state index is 0.0325. The van der Waals surface area contributed by atoms with Crippen LogP contribution in [0.25, 0.3) is 0 Å². The van der Waals surface area contributed by atoms with Crippen LogP contribution < -0.4 is 0 Å². The third-order valence-corrected chi connectivity index (χ3v) is 2.54. The number of rotatable bonds is 8. The van der Waals surface area contributed by atoms with Gasteiger partial charge in [0.25, 0.3) is 6.43 Å². The Labute approximate surface area is 105 Å². The van der Waals surface area contributed by atoms with Crippen molar-refractivity contribution in [3.63, 3.8) is 0 Å². The van der Waals surface area contributed by atoms with E-state index in [2.05, 4.69) is 9.84 Å². The molecule has 0 spiro atoms. The number of hydrogen-bond acceptors (Lipinski definition) is 3. The maximum Gasteiger partial charge on any atom is 0.261 e. The van der Waals surface area contributed by atoms with Crippen LogP contribution in [-0.2, 0) is 29.4 Å². The van der Waals surface area contributed by atoms with Crippen LogP contribution in [0.2, 0.25) is 0 Å². The number of ether oxygens (including phenoxy) is 1. The molecule has 4 nitrogen and oxygen atoms in total. The zero-order chi connectivity index (χ0) is 13.5. The van der Waals surface area contributed by atoms with Gasteiger partial charge in [0.1, 0.15) is 12.4 Å². The van der Waals surface area contributed by atoms with E-state index < -0.39 is 13.0 Å². The summed E-state index contributed by atoms with van der Waals surface area (Å²) >= 11 is 0. The number of ketones is 1. The number of carbonyl (C=O) groups is 1. The normalized spacial score (nSPS) is 11.2. The molecule has 0 amide bonds. The SMILES string of the molecule is CCc1cc(CC(=O)CCOCC(F)F)n(C)n1. The number of aryl methyl sites for hydroxylation is 2. The highest BCUT2D eigenvalue weighted by Crippen LogP contribution is 2.06. The van der Waals surface area contributed by atoms with E-state index in [1.165, 1.54) is 0 Å². The third kappa shape index (κ3) is 4.91. The molecule has 1 aromatic rings. The Kier molecular flexibility index (Phi) is 5.91. The highest BCUT2D eigenvalue weighted by atomic mass is 19.3. The average molecular weight is 260 g/mol. The Morgan fingerprint density at radius 1 is 1.56 bits per heavy atom. The third-order valence-electron chi connectivity index (χ3n) is 2.54. The lowest BCUT2D eigenvalue weighted by Crippen LogP contribution is -2.12. The summed E-state index contributed by atoms with van der Waals surface area (Å²) < 4.78 is 29.9. The zero-order valence-electron chi connectivity index (χ0n) is 10.7. The second-order valence-corrected chi connectivity index (χ2v) is 4.04. The van der Waals surface area contributed by atoms with Crippen molar-refractivity contribution in [1.82, 2.24) is 9.78 Å². The lowest BCUT2D eigenvalue weighted by Gasteiger charge is -2.03. The van der Waals surface area contributed by atoms with Crippen molar-refractivity contribution >= 4 is 5.78 Å². The first kappa shape index (κ1) is 14.8. The number of Topliss-reactive ketones (excluding diaryl/α,β-unsaturated/α-hetero) is 1. The van der Waals surface area contributed by atoms with Crippen molar-refractivity contribution in [3.05, 3.63) is 17.5 Å². The van der Waals surface area contributed by atoms with Crippen LogP contribution in [0.3, 0.4) is 0 Å². The smallest absolute Gasteiger partial charge is 0.261 e. The minimum atomic E-state index is -2.48. The van der Waals surface area contributed by atoms with E-state index in [4.69, 9.17) is 0 Å². The second-order valence-electron chi connectivity index (χ2n) is 4.04. The van der Waals surface area contributed by atoms with Gasteiger partial charge in [-0.1, -0.05) is 6.92 Å². The van der Waals surface area contributed by atoms with Gasteiger partial charge >= 0.3 is 0 Å². The van der Waals surface area contributed by atoms with Crippen molar-refractivity contribution < 1.29 is 18.3 Å². The van der Waals surface area contributed by atoms with Crippen molar-refractivity contribution in [2.75, 3.05) is 13.2 Å². The molecule has 0 fully saturated rings. The predicted molar refractivity (Wildman–Crippen MR) is 62.7 cm³/mol. The van der Waals surface area contributed by atoms with Gasteiger partial charge < -0.3 is 4.74 Å². The van der Waals surface area contributed by atoms with Crippen molar-refractivity contribution in [1.29, 1.82) is 0 Å². The lowest BCUT2D eigenvalue weighted by atomic mass is 10.1. The van der Waals surface area contributed by atoms with E-state index in [-0.39, 0.29) is 25.2 Å². The largest absolute Gasteiger partial charge is 0.375 e. The molecule has 1 heterocycles. The summed E-state index contributed by atoms with van der Waals surface area (Å²) in [7, 11) is 1.79. The summed E-state index contributed by atoms with van der Waals surface area (Å²) in [6.07, 6.45) is -1.25. The molecular formula is C12H18F2N2O2. The summed E-state index contributed by atoms with van der Waals surface area (Å²) in [6, 6.07) is 1.89. The molecular weight excluding hydrogens is 242 g/mol. The Balaban J connectivity index is 2.33. The number of carbonyl (C=O) groups excluding carboxylic acids is 1. The van der Waals surface area contributed by atoms with Gasteiger partial charge in [-0.2, -0.15) is 5.10 Å². The number of nitrogens with zero attached hydrogens (tertiary/aromatic N) is 2.